The predicted octanol–water partition coefficient (Wildman–Crippen LogP) is 22.2. The molecule has 0 radical (unpaired) electrons. The van der Waals surface area contributed by atoms with Gasteiger partial charge in [-0.2, -0.15) is 0 Å². The van der Waals surface area contributed by atoms with E-state index in [9.17, 15) is 14.4 Å². The third kappa shape index (κ3) is 60.6. The fourth-order valence-corrected chi connectivity index (χ4v) is 10.0. The Hall–Kier alpha value is -2.11. The number of allylic oxidation sites excluding steroid dienone is 4. The maximum atomic E-state index is 12.9. The Balaban J connectivity index is 4.26. The Morgan fingerprint density at radius 2 is 0.493 bits per heavy atom. The monoisotopic (exact) mass is 1030 g/mol. The highest BCUT2D eigenvalue weighted by atomic mass is 16.6. The molecule has 0 aliphatic rings. The van der Waals surface area contributed by atoms with E-state index >= 15 is 0 Å². The lowest BCUT2D eigenvalue weighted by atomic mass is 10.0. The fraction of sp³-hybridized carbons (Fsp3) is 0.896. The van der Waals surface area contributed by atoms with Crippen LogP contribution in [-0.4, -0.2) is 37.2 Å². The molecular weight excluding hydrogens is 901 g/mol. The first-order chi connectivity index (χ1) is 36.0. The van der Waals surface area contributed by atoms with Crippen LogP contribution in [-0.2, 0) is 28.6 Å². The number of hydrogen-bond donors (Lipinski definition) is 0. The van der Waals surface area contributed by atoms with E-state index in [2.05, 4.69) is 45.1 Å². The van der Waals surface area contributed by atoms with Gasteiger partial charge in [-0.1, -0.05) is 321 Å². The first-order valence-electron chi connectivity index (χ1n) is 32.8. The molecule has 0 aromatic carbocycles. The zero-order valence-corrected chi connectivity index (χ0v) is 49.4. The molecular formula is C67H126O6. The van der Waals surface area contributed by atoms with Crippen molar-refractivity contribution in [3.8, 4) is 0 Å². The highest BCUT2D eigenvalue weighted by Crippen LogP contribution is 2.18. The fourth-order valence-electron chi connectivity index (χ4n) is 10.0. The Morgan fingerprint density at radius 1 is 0.274 bits per heavy atom. The molecule has 0 saturated heterocycles. The topological polar surface area (TPSA) is 78.9 Å². The number of esters is 3. The summed E-state index contributed by atoms with van der Waals surface area (Å²) < 4.78 is 17.0. The Morgan fingerprint density at radius 3 is 0.753 bits per heavy atom. The van der Waals surface area contributed by atoms with E-state index in [0.717, 1.165) is 64.2 Å². The third-order valence-corrected chi connectivity index (χ3v) is 15.0. The molecule has 0 fully saturated rings. The first-order valence-corrected chi connectivity index (χ1v) is 32.8. The molecule has 1 atom stereocenters. The minimum atomic E-state index is -0.767. The number of carbonyl (C=O) groups excluding carboxylic acids is 3. The van der Waals surface area contributed by atoms with Crippen molar-refractivity contribution in [1.82, 2.24) is 0 Å². The zero-order chi connectivity index (χ0) is 52.9. The zero-order valence-electron chi connectivity index (χ0n) is 49.4. The quantitative estimate of drug-likeness (QED) is 0.0261. The van der Waals surface area contributed by atoms with Crippen molar-refractivity contribution >= 4 is 17.9 Å². The number of unbranched alkanes of at least 4 members (excludes halogenated alkanes) is 46. The molecule has 0 amide bonds. The van der Waals surface area contributed by atoms with Gasteiger partial charge < -0.3 is 14.2 Å². The van der Waals surface area contributed by atoms with Crippen molar-refractivity contribution in [2.45, 2.75) is 374 Å². The second-order valence-electron chi connectivity index (χ2n) is 22.4. The van der Waals surface area contributed by atoms with Crippen molar-refractivity contribution in [2.24, 2.45) is 0 Å². The van der Waals surface area contributed by atoms with Crippen molar-refractivity contribution in [3.05, 3.63) is 24.3 Å². The molecule has 0 heterocycles. The van der Waals surface area contributed by atoms with E-state index in [-0.39, 0.29) is 31.1 Å². The average Bonchev–Trinajstić information content (AvgIpc) is 3.39. The molecule has 0 aromatic heterocycles. The molecule has 6 heteroatoms. The van der Waals surface area contributed by atoms with E-state index in [4.69, 9.17) is 14.2 Å². The Labute approximate surface area is 455 Å². The van der Waals surface area contributed by atoms with Gasteiger partial charge in [-0.15, -0.1) is 0 Å². The number of ether oxygens (including phenoxy) is 3. The van der Waals surface area contributed by atoms with E-state index in [1.807, 2.05) is 0 Å². The molecule has 73 heavy (non-hydrogen) atoms. The van der Waals surface area contributed by atoms with Gasteiger partial charge in [0.15, 0.2) is 6.10 Å². The van der Waals surface area contributed by atoms with Crippen LogP contribution >= 0.6 is 0 Å². The molecule has 6 nitrogen and oxygen atoms in total. The van der Waals surface area contributed by atoms with E-state index in [1.165, 1.54) is 263 Å². The van der Waals surface area contributed by atoms with Crippen LogP contribution in [0.5, 0.6) is 0 Å². The summed E-state index contributed by atoms with van der Waals surface area (Å²) in [5.41, 5.74) is 0. The van der Waals surface area contributed by atoms with Crippen molar-refractivity contribution in [1.29, 1.82) is 0 Å². The van der Waals surface area contributed by atoms with Gasteiger partial charge in [-0.3, -0.25) is 14.4 Å². The van der Waals surface area contributed by atoms with Crippen LogP contribution < -0.4 is 0 Å². The van der Waals surface area contributed by atoms with Crippen molar-refractivity contribution < 1.29 is 28.6 Å². The summed E-state index contributed by atoms with van der Waals surface area (Å²) in [5, 5.41) is 0. The van der Waals surface area contributed by atoms with Crippen LogP contribution in [0, 0.1) is 0 Å². The van der Waals surface area contributed by atoms with Crippen molar-refractivity contribution in [3.63, 3.8) is 0 Å². The van der Waals surface area contributed by atoms with Gasteiger partial charge in [-0.25, -0.2) is 0 Å². The molecule has 0 N–H and O–H groups in total. The van der Waals surface area contributed by atoms with Crippen LogP contribution in [0.3, 0.4) is 0 Å². The molecule has 0 rings (SSSR count). The van der Waals surface area contributed by atoms with E-state index in [1.54, 1.807) is 0 Å². The number of rotatable bonds is 61. The van der Waals surface area contributed by atoms with Gasteiger partial charge in [0.05, 0.1) is 0 Å². The summed E-state index contributed by atoms with van der Waals surface area (Å²) in [5.74, 6) is -0.838. The average molecular weight is 1030 g/mol. The number of carbonyl (C=O) groups is 3. The molecule has 430 valence electrons. The summed E-state index contributed by atoms with van der Waals surface area (Å²) in [6.45, 7) is 6.70. The lowest BCUT2D eigenvalue weighted by Crippen LogP contribution is -2.30. The summed E-state index contributed by atoms with van der Waals surface area (Å²) in [6.07, 6.45) is 74.7. The van der Waals surface area contributed by atoms with Gasteiger partial charge >= 0.3 is 17.9 Å². The molecule has 0 bridgehead atoms. The second kappa shape index (κ2) is 62.4. The summed E-state index contributed by atoms with van der Waals surface area (Å²) in [7, 11) is 0. The van der Waals surface area contributed by atoms with Crippen LogP contribution in [0.2, 0.25) is 0 Å². The highest BCUT2D eigenvalue weighted by Gasteiger charge is 2.19. The predicted molar refractivity (Wildman–Crippen MR) is 316 cm³/mol. The standard InChI is InChI=1S/C67H126O6/c1-4-7-10-13-16-19-22-25-27-29-31-32-33-34-36-37-39-42-45-48-51-54-57-60-66(69)72-63-64(62-71-65(68)59-56-53-50-47-44-41-24-21-18-15-12-9-6-3)73-67(70)61-58-55-52-49-46-43-40-38-35-30-28-26-23-20-17-14-11-8-5-2/h22,25,29,31,64H,4-21,23-24,26-28,30,32-63H2,1-3H3/b25-22-,31-29-. The summed E-state index contributed by atoms with van der Waals surface area (Å²) in [4.78, 5) is 38.3. The summed E-state index contributed by atoms with van der Waals surface area (Å²) in [6, 6.07) is 0. The Bertz CT molecular complexity index is 1180. The van der Waals surface area contributed by atoms with Gasteiger partial charge in [-0.05, 0) is 51.4 Å². The van der Waals surface area contributed by atoms with Gasteiger partial charge in [0.2, 0.25) is 0 Å². The minimum absolute atomic E-state index is 0.0652. The lowest BCUT2D eigenvalue weighted by Gasteiger charge is -2.18. The highest BCUT2D eigenvalue weighted by molar-refractivity contribution is 5.71. The molecule has 0 spiro atoms. The van der Waals surface area contributed by atoms with Crippen LogP contribution in [0.1, 0.15) is 367 Å². The van der Waals surface area contributed by atoms with E-state index in [0.29, 0.717) is 19.3 Å². The second-order valence-corrected chi connectivity index (χ2v) is 22.4. The third-order valence-electron chi connectivity index (χ3n) is 15.0. The first kappa shape index (κ1) is 70.9. The normalized spacial score (nSPS) is 12.1. The van der Waals surface area contributed by atoms with Crippen LogP contribution in [0.25, 0.3) is 0 Å². The van der Waals surface area contributed by atoms with E-state index < -0.39 is 6.10 Å². The van der Waals surface area contributed by atoms with Gasteiger partial charge in [0.1, 0.15) is 13.2 Å². The van der Waals surface area contributed by atoms with Crippen LogP contribution in [0.4, 0.5) is 0 Å². The SMILES string of the molecule is CCCCCCC/C=C\C/C=C\CCCCCCCCCCCCCC(=O)OCC(COC(=O)CCCCCCCCCCCCCCC)OC(=O)CCCCCCCCCCCCCCCCCCCCC. The maximum Gasteiger partial charge on any atom is 0.306 e. The molecule has 0 aliphatic heterocycles. The Kier molecular flexibility index (Phi) is 60.6. The van der Waals surface area contributed by atoms with Gasteiger partial charge in [0.25, 0.3) is 0 Å². The smallest absolute Gasteiger partial charge is 0.306 e. The molecule has 0 saturated carbocycles. The van der Waals surface area contributed by atoms with Gasteiger partial charge in [0, 0.05) is 19.3 Å². The minimum Gasteiger partial charge on any atom is -0.462 e. The summed E-state index contributed by atoms with van der Waals surface area (Å²) >= 11 is 0. The molecule has 0 aliphatic carbocycles. The number of hydrogen-bond acceptors (Lipinski definition) is 6. The molecule has 1 unspecified atom stereocenters. The lowest BCUT2D eigenvalue weighted by molar-refractivity contribution is -0.167. The molecule has 0 aromatic rings. The maximum absolute atomic E-state index is 12.9. The van der Waals surface area contributed by atoms with Crippen molar-refractivity contribution in [2.75, 3.05) is 13.2 Å². The van der Waals surface area contributed by atoms with Crippen LogP contribution in [0.15, 0.2) is 24.3 Å². The largest absolute Gasteiger partial charge is 0.462 e.